The van der Waals surface area contributed by atoms with Gasteiger partial charge in [0, 0.05) is 17.8 Å². The summed E-state index contributed by atoms with van der Waals surface area (Å²) in [5.41, 5.74) is 3.71. The molecule has 2 bridgehead atoms. The number of fused-ring (bicyclic) bond motifs is 7. The fourth-order valence-corrected chi connectivity index (χ4v) is 5.86. The van der Waals surface area contributed by atoms with E-state index in [1.54, 1.807) is 6.07 Å². The minimum atomic E-state index is -0.277. The van der Waals surface area contributed by atoms with Gasteiger partial charge in [-0.15, -0.1) is 0 Å². The molecule has 2 fully saturated rings. The Labute approximate surface area is 158 Å². The second-order valence-electron chi connectivity index (χ2n) is 8.09. The average molecular weight is 364 g/mol. The van der Waals surface area contributed by atoms with E-state index in [1.165, 1.54) is 24.8 Å². The quantitative estimate of drug-likeness (QED) is 0.591. The predicted molar refractivity (Wildman–Crippen MR) is 104 cm³/mol. The molecule has 0 unspecified atom stereocenters. The number of rotatable bonds is 4. The number of nitrogens with zero attached hydrogens (tertiary/aromatic N) is 1. The molecule has 3 aliphatic rings. The summed E-state index contributed by atoms with van der Waals surface area (Å²) in [6.07, 6.45) is 3.79. The van der Waals surface area contributed by atoms with E-state index in [-0.39, 0.29) is 16.7 Å². The van der Waals surface area contributed by atoms with E-state index in [1.807, 2.05) is 31.2 Å². The minimum Gasteiger partial charge on any atom is -0.494 e. The van der Waals surface area contributed by atoms with Gasteiger partial charge in [-0.3, -0.25) is 10.1 Å². The molecule has 0 aromatic heterocycles. The highest BCUT2D eigenvalue weighted by Crippen LogP contribution is 2.63. The fraction of sp³-hybridized carbons (Fsp3) is 0.455. The number of nitrogens with one attached hydrogen (secondary N) is 1. The Kier molecular flexibility index (Phi) is 3.85. The zero-order valence-corrected chi connectivity index (χ0v) is 15.4. The van der Waals surface area contributed by atoms with E-state index in [9.17, 15) is 10.1 Å². The van der Waals surface area contributed by atoms with Gasteiger partial charge in [-0.25, -0.2) is 0 Å². The molecule has 0 spiro atoms. The molecule has 5 rings (SSSR count). The normalized spacial score (nSPS) is 30.3. The minimum absolute atomic E-state index is 0.205. The lowest BCUT2D eigenvalue weighted by atomic mass is 9.68. The molecule has 140 valence electrons. The molecule has 2 aliphatic carbocycles. The molecule has 2 saturated carbocycles. The molecule has 2 aromatic rings. The van der Waals surface area contributed by atoms with E-state index in [0.29, 0.717) is 30.3 Å². The largest absolute Gasteiger partial charge is 0.494 e. The van der Waals surface area contributed by atoms with E-state index >= 15 is 0 Å². The van der Waals surface area contributed by atoms with E-state index < -0.39 is 0 Å². The van der Waals surface area contributed by atoms with Crippen molar-refractivity contribution >= 4 is 11.4 Å². The molecule has 0 saturated heterocycles. The summed E-state index contributed by atoms with van der Waals surface area (Å²) >= 11 is 0. The van der Waals surface area contributed by atoms with Crippen LogP contribution in [0.5, 0.6) is 5.75 Å². The van der Waals surface area contributed by atoms with E-state index in [0.717, 1.165) is 17.0 Å². The smallest absolute Gasteiger partial charge is 0.269 e. The molecule has 27 heavy (non-hydrogen) atoms. The van der Waals surface area contributed by atoms with Crippen molar-refractivity contribution in [2.24, 2.45) is 17.8 Å². The van der Waals surface area contributed by atoms with Gasteiger partial charge in [0.2, 0.25) is 0 Å². The molecule has 5 nitrogen and oxygen atoms in total. The molecular weight excluding hydrogens is 340 g/mol. The first-order chi connectivity index (χ1) is 13.2. The van der Waals surface area contributed by atoms with Crippen LogP contribution in [-0.2, 0) is 0 Å². The first-order valence-corrected chi connectivity index (χ1v) is 9.93. The summed E-state index contributed by atoms with van der Waals surface area (Å²) in [5.74, 6) is 3.20. The summed E-state index contributed by atoms with van der Waals surface area (Å²) in [6, 6.07) is 14.0. The number of nitro groups is 1. The molecule has 1 N–H and O–H groups in total. The third kappa shape index (κ3) is 2.59. The van der Waals surface area contributed by atoms with Gasteiger partial charge in [-0.05, 0) is 79.2 Å². The van der Waals surface area contributed by atoms with Crippen molar-refractivity contribution in [3.05, 3.63) is 63.7 Å². The van der Waals surface area contributed by atoms with Crippen LogP contribution in [0.1, 0.15) is 49.3 Å². The van der Waals surface area contributed by atoms with E-state index in [2.05, 4.69) is 17.4 Å². The SMILES string of the molecule is CCOc1ccc([C@@H]2Nc3ccc([N+](=O)[O-])cc3[C@@H]3[C@H]4CC[C@@H](C4)[C@H]32)cc1. The van der Waals surface area contributed by atoms with Crippen molar-refractivity contribution in [2.75, 3.05) is 11.9 Å². The first kappa shape index (κ1) is 16.6. The Morgan fingerprint density at radius 1 is 1.15 bits per heavy atom. The molecule has 1 aliphatic heterocycles. The number of benzene rings is 2. The standard InChI is InChI=1S/C22H24N2O3/c1-2-27-17-8-5-13(6-9-17)22-21-15-4-3-14(11-15)20(21)18-12-16(24(25)26)7-10-19(18)23-22/h5-10,12,14-15,20-23H,2-4,11H2,1H3/t14-,15-,20-,21+,22-/m0/s1. The zero-order chi connectivity index (χ0) is 18.5. The first-order valence-electron chi connectivity index (χ1n) is 9.93. The van der Waals surface area contributed by atoms with Crippen LogP contribution in [0.15, 0.2) is 42.5 Å². The van der Waals surface area contributed by atoms with Gasteiger partial charge >= 0.3 is 0 Å². The molecule has 1 heterocycles. The van der Waals surface area contributed by atoms with Crippen LogP contribution in [0.25, 0.3) is 0 Å². The van der Waals surface area contributed by atoms with Gasteiger partial charge in [0.25, 0.3) is 5.69 Å². The molecular formula is C22H24N2O3. The molecule has 5 atom stereocenters. The van der Waals surface area contributed by atoms with Crippen LogP contribution in [0.4, 0.5) is 11.4 Å². The lowest BCUT2D eigenvalue weighted by Gasteiger charge is -2.43. The Bertz CT molecular complexity index is 880. The fourth-order valence-electron chi connectivity index (χ4n) is 5.86. The van der Waals surface area contributed by atoms with Gasteiger partial charge in [-0.1, -0.05) is 12.1 Å². The van der Waals surface area contributed by atoms with Gasteiger partial charge in [0.05, 0.1) is 17.6 Å². The summed E-state index contributed by atoms with van der Waals surface area (Å²) < 4.78 is 5.59. The Balaban J connectivity index is 1.55. The molecule has 5 heteroatoms. The number of nitro benzene ring substituents is 1. The van der Waals surface area contributed by atoms with Crippen LogP contribution in [0.3, 0.4) is 0 Å². The van der Waals surface area contributed by atoms with Crippen LogP contribution in [0.2, 0.25) is 0 Å². The van der Waals surface area contributed by atoms with Crippen LogP contribution in [-0.4, -0.2) is 11.5 Å². The third-order valence-corrected chi connectivity index (χ3v) is 6.83. The second-order valence-corrected chi connectivity index (χ2v) is 8.09. The molecule has 2 aromatic carbocycles. The lowest BCUT2D eigenvalue weighted by molar-refractivity contribution is -0.384. The highest BCUT2D eigenvalue weighted by atomic mass is 16.6. The van der Waals surface area contributed by atoms with Crippen molar-refractivity contribution in [1.29, 1.82) is 0 Å². The molecule has 0 radical (unpaired) electrons. The van der Waals surface area contributed by atoms with Crippen molar-refractivity contribution in [2.45, 2.75) is 38.1 Å². The summed E-state index contributed by atoms with van der Waals surface area (Å²) in [4.78, 5) is 11.0. The number of non-ortho nitro benzene ring substituents is 1. The van der Waals surface area contributed by atoms with Gasteiger partial charge in [0.15, 0.2) is 0 Å². The van der Waals surface area contributed by atoms with Crippen LogP contribution < -0.4 is 10.1 Å². The van der Waals surface area contributed by atoms with Crippen molar-refractivity contribution in [1.82, 2.24) is 0 Å². The Morgan fingerprint density at radius 3 is 2.67 bits per heavy atom. The summed E-state index contributed by atoms with van der Waals surface area (Å²) in [7, 11) is 0. The van der Waals surface area contributed by atoms with E-state index in [4.69, 9.17) is 4.74 Å². The topological polar surface area (TPSA) is 64.4 Å². The number of hydrogen-bond donors (Lipinski definition) is 1. The van der Waals surface area contributed by atoms with Crippen molar-refractivity contribution in [3.8, 4) is 5.75 Å². The number of ether oxygens (including phenoxy) is 1. The van der Waals surface area contributed by atoms with Crippen molar-refractivity contribution in [3.63, 3.8) is 0 Å². The van der Waals surface area contributed by atoms with Crippen molar-refractivity contribution < 1.29 is 9.66 Å². The second kappa shape index (κ2) is 6.25. The summed E-state index contributed by atoms with van der Waals surface area (Å²) in [5, 5.41) is 15.0. The number of anilines is 1. The van der Waals surface area contributed by atoms with Crippen LogP contribution >= 0.6 is 0 Å². The predicted octanol–water partition coefficient (Wildman–Crippen LogP) is 5.29. The summed E-state index contributed by atoms with van der Waals surface area (Å²) in [6.45, 7) is 2.66. The lowest BCUT2D eigenvalue weighted by Crippen LogP contribution is -2.35. The third-order valence-electron chi connectivity index (χ3n) is 6.83. The van der Waals surface area contributed by atoms with Crippen LogP contribution in [0, 0.1) is 27.9 Å². The highest BCUT2D eigenvalue weighted by molar-refractivity contribution is 5.62. The average Bonchev–Trinajstić information content (AvgIpc) is 3.30. The maximum absolute atomic E-state index is 11.3. The zero-order valence-electron chi connectivity index (χ0n) is 15.4. The van der Waals surface area contributed by atoms with Gasteiger partial charge in [-0.2, -0.15) is 0 Å². The monoisotopic (exact) mass is 364 g/mol. The van der Waals surface area contributed by atoms with Gasteiger partial charge in [0.1, 0.15) is 5.75 Å². The molecule has 0 amide bonds. The van der Waals surface area contributed by atoms with Gasteiger partial charge < -0.3 is 10.1 Å². The maximum Gasteiger partial charge on any atom is 0.269 e. The Morgan fingerprint density at radius 2 is 1.93 bits per heavy atom. The number of hydrogen-bond acceptors (Lipinski definition) is 4. The highest BCUT2D eigenvalue weighted by Gasteiger charge is 2.54. The Hall–Kier alpha value is -2.56. The maximum atomic E-state index is 11.3.